The van der Waals surface area contributed by atoms with Crippen molar-refractivity contribution in [2.45, 2.75) is 6.61 Å². The van der Waals surface area contributed by atoms with Gasteiger partial charge in [-0.25, -0.2) is 0 Å². The van der Waals surface area contributed by atoms with Crippen LogP contribution in [0.25, 0.3) is 0 Å². The van der Waals surface area contributed by atoms with Gasteiger partial charge >= 0.3 is 21.1 Å². The number of aromatic nitrogens is 1. The van der Waals surface area contributed by atoms with Crippen molar-refractivity contribution in [3.63, 3.8) is 0 Å². The van der Waals surface area contributed by atoms with Gasteiger partial charge < -0.3 is 36.1 Å². The van der Waals surface area contributed by atoms with E-state index in [0.717, 1.165) is 5.56 Å². The number of hydrogen-bond donors (Lipinski definition) is 2. The first-order chi connectivity index (χ1) is 3.93. The number of rotatable bonds is 1. The standard InChI is InChI=1S/C6H7NO.2ClH.H3N.Pt/c8-5-6-2-1-3-7-4-6;;;;/h1-4,8H,5H2;2*1H;1H3;/q;;;;+2/p-2. The minimum absolute atomic E-state index is 0. The summed E-state index contributed by atoms with van der Waals surface area (Å²) in [7, 11) is 0. The van der Waals surface area contributed by atoms with Crippen LogP contribution in [0.5, 0.6) is 0 Å². The summed E-state index contributed by atoms with van der Waals surface area (Å²) >= 11 is 0. The molecule has 0 aliphatic carbocycles. The Morgan fingerprint density at radius 1 is 1.33 bits per heavy atom. The first-order valence-corrected chi connectivity index (χ1v) is 2.43. The van der Waals surface area contributed by atoms with E-state index in [-0.39, 0.29) is 58.6 Å². The van der Waals surface area contributed by atoms with E-state index in [4.69, 9.17) is 5.11 Å². The Kier molecular flexibility index (Phi) is 26.4. The SMILES string of the molecule is N.OCc1cccnc1.[Cl-].[Cl-].[Pt+2]. The molecule has 0 atom stereocenters. The zero-order chi connectivity index (χ0) is 5.82. The third-order valence-corrected chi connectivity index (χ3v) is 0.905. The zero-order valence-corrected chi connectivity index (χ0v) is 9.97. The minimum atomic E-state index is 0. The second kappa shape index (κ2) is 13.9. The second-order valence-electron chi connectivity index (χ2n) is 1.52. The fraction of sp³-hybridized carbons (Fsp3) is 0.167. The van der Waals surface area contributed by atoms with Gasteiger partial charge in [0.05, 0.1) is 6.61 Å². The molecule has 0 radical (unpaired) electrons. The van der Waals surface area contributed by atoms with E-state index in [1.54, 1.807) is 18.5 Å². The molecule has 0 unspecified atom stereocenters. The first kappa shape index (κ1) is 22.8. The van der Waals surface area contributed by atoms with Crippen molar-refractivity contribution in [3.8, 4) is 0 Å². The Morgan fingerprint density at radius 2 is 1.92 bits per heavy atom. The maximum Gasteiger partial charge on any atom is 2.00 e. The summed E-state index contributed by atoms with van der Waals surface area (Å²) in [4.78, 5) is 3.80. The van der Waals surface area contributed by atoms with Crippen LogP contribution in [0.4, 0.5) is 0 Å². The molecular formula is C6H10Cl2N2OPt. The molecule has 6 heteroatoms. The van der Waals surface area contributed by atoms with Crippen LogP contribution in [0.3, 0.4) is 0 Å². The third-order valence-electron chi connectivity index (χ3n) is 0.905. The van der Waals surface area contributed by atoms with Crippen LogP contribution in [-0.2, 0) is 27.7 Å². The minimum Gasteiger partial charge on any atom is -1.00 e. The topological polar surface area (TPSA) is 68.1 Å². The number of halogens is 2. The van der Waals surface area contributed by atoms with Gasteiger partial charge in [0.1, 0.15) is 0 Å². The predicted molar refractivity (Wildman–Crippen MR) is 35.2 cm³/mol. The molecule has 0 saturated carbocycles. The Labute approximate surface area is 98.6 Å². The van der Waals surface area contributed by atoms with Crippen molar-refractivity contribution in [2.24, 2.45) is 0 Å². The Morgan fingerprint density at radius 3 is 2.17 bits per heavy atom. The average molecular weight is 392 g/mol. The molecule has 74 valence electrons. The molecule has 0 amide bonds. The van der Waals surface area contributed by atoms with Crippen molar-refractivity contribution in [1.29, 1.82) is 0 Å². The maximum absolute atomic E-state index is 8.50. The summed E-state index contributed by atoms with van der Waals surface area (Å²) in [5.74, 6) is 0. The predicted octanol–water partition coefficient (Wildman–Crippen LogP) is -5.26. The van der Waals surface area contributed by atoms with Crippen molar-refractivity contribution >= 4 is 0 Å². The number of aliphatic hydroxyl groups is 1. The first-order valence-electron chi connectivity index (χ1n) is 2.43. The van der Waals surface area contributed by atoms with Crippen LogP contribution in [0.1, 0.15) is 5.56 Å². The van der Waals surface area contributed by atoms with Crippen molar-refractivity contribution in [3.05, 3.63) is 30.1 Å². The molecular weight excluding hydrogens is 382 g/mol. The van der Waals surface area contributed by atoms with Gasteiger partial charge in [0.15, 0.2) is 0 Å². The van der Waals surface area contributed by atoms with Crippen molar-refractivity contribution in [1.82, 2.24) is 11.1 Å². The smallest absolute Gasteiger partial charge is 1.00 e. The summed E-state index contributed by atoms with van der Waals surface area (Å²) in [6.07, 6.45) is 3.32. The number of hydrogen-bond acceptors (Lipinski definition) is 3. The van der Waals surface area contributed by atoms with Crippen LogP contribution in [0, 0.1) is 0 Å². The molecule has 0 fully saturated rings. The molecule has 0 saturated heterocycles. The normalized spacial score (nSPS) is 6.08. The van der Waals surface area contributed by atoms with Crippen LogP contribution in [0.15, 0.2) is 24.5 Å². The van der Waals surface area contributed by atoms with Gasteiger partial charge in [-0.2, -0.15) is 0 Å². The van der Waals surface area contributed by atoms with E-state index in [2.05, 4.69) is 4.98 Å². The van der Waals surface area contributed by atoms with E-state index < -0.39 is 0 Å². The van der Waals surface area contributed by atoms with Gasteiger partial charge in [-0.3, -0.25) is 4.98 Å². The Balaban J connectivity index is -0.0000000800. The average Bonchev–Trinajstić information content (AvgIpc) is 1.90. The molecule has 1 rings (SSSR count). The number of pyridine rings is 1. The molecule has 0 bridgehead atoms. The monoisotopic (exact) mass is 391 g/mol. The molecule has 0 aromatic carbocycles. The third kappa shape index (κ3) is 8.44. The van der Waals surface area contributed by atoms with E-state index in [1.807, 2.05) is 6.07 Å². The van der Waals surface area contributed by atoms with Gasteiger partial charge in [-0.05, 0) is 11.6 Å². The maximum atomic E-state index is 8.50. The molecule has 3 nitrogen and oxygen atoms in total. The van der Waals surface area contributed by atoms with Gasteiger partial charge in [0, 0.05) is 12.4 Å². The molecule has 4 N–H and O–H groups in total. The Hall–Kier alpha value is 0.338. The van der Waals surface area contributed by atoms with Gasteiger partial charge in [0.25, 0.3) is 0 Å². The fourth-order valence-electron chi connectivity index (χ4n) is 0.492. The summed E-state index contributed by atoms with van der Waals surface area (Å²) in [5, 5.41) is 8.50. The van der Waals surface area contributed by atoms with Gasteiger partial charge in [-0.1, -0.05) is 6.07 Å². The van der Waals surface area contributed by atoms with Crippen LogP contribution < -0.4 is 31.0 Å². The summed E-state index contributed by atoms with van der Waals surface area (Å²) in [6, 6.07) is 3.62. The number of nitrogens with zero attached hydrogens (tertiary/aromatic N) is 1. The Bertz CT molecular complexity index is 165. The van der Waals surface area contributed by atoms with Gasteiger partial charge in [-0.15, -0.1) is 0 Å². The number of aliphatic hydroxyl groups excluding tert-OH is 1. The van der Waals surface area contributed by atoms with E-state index in [0.29, 0.717) is 0 Å². The van der Waals surface area contributed by atoms with Crippen molar-refractivity contribution < 1.29 is 51.0 Å². The molecule has 1 aromatic rings. The van der Waals surface area contributed by atoms with E-state index >= 15 is 0 Å². The molecule has 0 aliphatic heterocycles. The molecule has 1 heterocycles. The van der Waals surface area contributed by atoms with Crippen LogP contribution in [-0.4, -0.2) is 10.1 Å². The molecule has 0 spiro atoms. The zero-order valence-electron chi connectivity index (χ0n) is 6.19. The molecule has 12 heavy (non-hydrogen) atoms. The molecule has 0 aliphatic rings. The van der Waals surface area contributed by atoms with Gasteiger partial charge in [0.2, 0.25) is 0 Å². The van der Waals surface area contributed by atoms with E-state index in [9.17, 15) is 0 Å². The second-order valence-corrected chi connectivity index (χ2v) is 1.52. The largest absolute Gasteiger partial charge is 2.00 e. The molecule has 1 aromatic heterocycles. The summed E-state index contributed by atoms with van der Waals surface area (Å²) < 4.78 is 0. The van der Waals surface area contributed by atoms with Crippen LogP contribution >= 0.6 is 0 Å². The van der Waals surface area contributed by atoms with Crippen LogP contribution in [0.2, 0.25) is 0 Å². The fourth-order valence-corrected chi connectivity index (χ4v) is 0.492. The quantitative estimate of drug-likeness (QED) is 0.502. The van der Waals surface area contributed by atoms with E-state index in [1.165, 1.54) is 0 Å². The summed E-state index contributed by atoms with van der Waals surface area (Å²) in [5.41, 5.74) is 0.854. The summed E-state index contributed by atoms with van der Waals surface area (Å²) in [6.45, 7) is 0.0772. The van der Waals surface area contributed by atoms with Crippen molar-refractivity contribution in [2.75, 3.05) is 0 Å².